The highest BCUT2D eigenvalue weighted by Crippen LogP contribution is 2.27. The van der Waals surface area contributed by atoms with E-state index in [-0.39, 0.29) is 5.91 Å². The van der Waals surface area contributed by atoms with Gasteiger partial charge in [-0.05, 0) is 30.5 Å². The number of carbonyl (C=O) groups excluding carboxylic acids is 1. The van der Waals surface area contributed by atoms with Gasteiger partial charge in [0.25, 0.3) is 5.91 Å². The molecule has 0 unspecified atom stereocenters. The summed E-state index contributed by atoms with van der Waals surface area (Å²) < 4.78 is 10.6. The molecule has 7 heteroatoms. The lowest BCUT2D eigenvalue weighted by Crippen LogP contribution is -2.25. The van der Waals surface area contributed by atoms with Crippen LogP contribution in [0.4, 0.5) is 5.82 Å². The Morgan fingerprint density at radius 3 is 2.62 bits per heavy atom. The number of rotatable bonds is 10. The highest BCUT2D eigenvalue weighted by molar-refractivity contribution is 5.92. The van der Waals surface area contributed by atoms with Gasteiger partial charge in [0.05, 0.1) is 14.2 Å². The fraction of sp³-hybridized carbons (Fsp3) is 0.421. The molecule has 1 amide bonds. The van der Waals surface area contributed by atoms with E-state index in [0.717, 1.165) is 24.8 Å². The summed E-state index contributed by atoms with van der Waals surface area (Å²) in [5, 5.41) is 6.07. The van der Waals surface area contributed by atoms with E-state index < -0.39 is 0 Å². The van der Waals surface area contributed by atoms with Gasteiger partial charge >= 0.3 is 0 Å². The minimum Gasteiger partial charge on any atom is -0.493 e. The van der Waals surface area contributed by atoms with E-state index in [2.05, 4.69) is 27.5 Å². The van der Waals surface area contributed by atoms with Gasteiger partial charge in [0, 0.05) is 19.2 Å². The van der Waals surface area contributed by atoms with Gasteiger partial charge in [-0.2, -0.15) is 0 Å². The number of aromatic nitrogens is 2. The van der Waals surface area contributed by atoms with Crippen LogP contribution in [0.3, 0.4) is 0 Å². The zero-order valence-electron chi connectivity index (χ0n) is 15.5. The summed E-state index contributed by atoms with van der Waals surface area (Å²) in [6.45, 7) is 3.40. The largest absolute Gasteiger partial charge is 0.493 e. The molecular weight excluding hydrogens is 332 g/mol. The topological polar surface area (TPSA) is 85.4 Å². The summed E-state index contributed by atoms with van der Waals surface area (Å²) in [7, 11) is 3.23. The first kappa shape index (κ1) is 19.5. The molecule has 0 aliphatic rings. The Labute approximate surface area is 154 Å². The van der Waals surface area contributed by atoms with Crippen molar-refractivity contribution in [2.75, 3.05) is 32.6 Å². The summed E-state index contributed by atoms with van der Waals surface area (Å²) >= 11 is 0. The molecular formula is C19H26N4O3. The van der Waals surface area contributed by atoms with Crippen LogP contribution in [0.25, 0.3) is 0 Å². The summed E-state index contributed by atoms with van der Waals surface area (Å²) in [5.41, 5.74) is 1.48. The van der Waals surface area contributed by atoms with Gasteiger partial charge in [-0.1, -0.05) is 19.4 Å². The Bertz CT molecular complexity index is 722. The van der Waals surface area contributed by atoms with Crippen molar-refractivity contribution >= 4 is 11.7 Å². The normalized spacial score (nSPS) is 10.3. The van der Waals surface area contributed by atoms with Gasteiger partial charge in [-0.15, -0.1) is 0 Å². The third-order valence-electron chi connectivity index (χ3n) is 3.88. The van der Waals surface area contributed by atoms with Crippen LogP contribution in [-0.2, 0) is 6.42 Å². The number of unbranched alkanes of at least 4 members (excludes halogenated alkanes) is 1. The number of nitrogens with one attached hydrogen (secondary N) is 2. The molecule has 140 valence electrons. The maximum atomic E-state index is 12.0. The molecule has 1 aromatic heterocycles. The average molecular weight is 358 g/mol. The van der Waals surface area contributed by atoms with Crippen LogP contribution in [-0.4, -0.2) is 43.2 Å². The molecule has 0 spiro atoms. The van der Waals surface area contributed by atoms with Gasteiger partial charge in [0.1, 0.15) is 17.8 Å². The number of carbonyl (C=O) groups is 1. The van der Waals surface area contributed by atoms with E-state index in [4.69, 9.17) is 9.47 Å². The molecule has 0 aliphatic carbocycles. The second-order valence-electron chi connectivity index (χ2n) is 5.76. The molecule has 7 nitrogen and oxygen atoms in total. The van der Waals surface area contributed by atoms with E-state index in [1.165, 1.54) is 6.33 Å². The van der Waals surface area contributed by atoms with Crippen molar-refractivity contribution < 1.29 is 14.3 Å². The van der Waals surface area contributed by atoms with Crippen molar-refractivity contribution in [2.45, 2.75) is 26.2 Å². The molecule has 2 rings (SSSR count). The third kappa shape index (κ3) is 5.61. The van der Waals surface area contributed by atoms with E-state index in [9.17, 15) is 4.79 Å². The minimum atomic E-state index is -0.177. The fourth-order valence-corrected chi connectivity index (χ4v) is 2.42. The lowest BCUT2D eigenvalue weighted by molar-refractivity contribution is 0.0948. The van der Waals surface area contributed by atoms with E-state index >= 15 is 0 Å². The molecule has 0 radical (unpaired) electrons. The Morgan fingerprint density at radius 2 is 1.88 bits per heavy atom. The van der Waals surface area contributed by atoms with Gasteiger partial charge in [-0.25, -0.2) is 9.97 Å². The van der Waals surface area contributed by atoms with Crippen LogP contribution in [0.1, 0.15) is 35.8 Å². The quantitative estimate of drug-likeness (QED) is 0.635. The number of benzene rings is 1. The smallest absolute Gasteiger partial charge is 0.270 e. The zero-order valence-corrected chi connectivity index (χ0v) is 15.5. The predicted molar refractivity (Wildman–Crippen MR) is 101 cm³/mol. The first-order chi connectivity index (χ1) is 12.7. The van der Waals surface area contributed by atoms with Gasteiger partial charge < -0.3 is 20.1 Å². The molecule has 0 aliphatic heterocycles. The summed E-state index contributed by atoms with van der Waals surface area (Å²) in [6.07, 6.45) is 4.16. The zero-order chi connectivity index (χ0) is 18.8. The fourth-order valence-electron chi connectivity index (χ4n) is 2.42. The van der Waals surface area contributed by atoms with Crippen molar-refractivity contribution in [3.05, 3.63) is 41.9 Å². The molecule has 2 aromatic rings. The van der Waals surface area contributed by atoms with Crippen LogP contribution in [0.5, 0.6) is 11.5 Å². The van der Waals surface area contributed by atoms with Crippen LogP contribution in [0, 0.1) is 0 Å². The van der Waals surface area contributed by atoms with Crippen LogP contribution >= 0.6 is 0 Å². The number of hydrogen-bond acceptors (Lipinski definition) is 6. The van der Waals surface area contributed by atoms with Crippen LogP contribution < -0.4 is 20.1 Å². The number of methoxy groups -OCH3 is 2. The highest BCUT2D eigenvalue weighted by Gasteiger charge is 2.08. The van der Waals surface area contributed by atoms with Crippen molar-refractivity contribution in [3.63, 3.8) is 0 Å². The van der Waals surface area contributed by atoms with Gasteiger partial charge in [0.15, 0.2) is 11.5 Å². The molecule has 1 heterocycles. The predicted octanol–water partition coefficient (Wildman–Crippen LogP) is 2.68. The van der Waals surface area contributed by atoms with Crippen molar-refractivity contribution in [1.82, 2.24) is 15.3 Å². The first-order valence-corrected chi connectivity index (χ1v) is 8.73. The van der Waals surface area contributed by atoms with Crippen LogP contribution in [0.15, 0.2) is 30.6 Å². The monoisotopic (exact) mass is 358 g/mol. The average Bonchev–Trinajstić information content (AvgIpc) is 2.68. The second-order valence-corrected chi connectivity index (χ2v) is 5.76. The lowest BCUT2D eigenvalue weighted by Gasteiger charge is -2.10. The SMILES string of the molecule is CCCCNC(=O)c1cc(NCCc2ccc(OC)c(OC)c2)ncn1. The standard InChI is InChI=1S/C19H26N4O3/c1-4-5-9-21-19(24)15-12-18(23-13-22-15)20-10-8-14-6-7-16(25-2)17(11-14)26-3/h6-7,11-13H,4-5,8-10H2,1-3H3,(H,21,24)(H,20,22,23). The second kappa shape index (κ2) is 10.2. The van der Waals surface area contributed by atoms with Crippen molar-refractivity contribution in [1.29, 1.82) is 0 Å². The Morgan fingerprint density at radius 1 is 1.08 bits per heavy atom. The highest BCUT2D eigenvalue weighted by atomic mass is 16.5. The number of hydrogen-bond donors (Lipinski definition) is 2. The minimum absolute atomic E-state index is 0.177. The van der Waals surface area contributed by atoms with Crippen molar-refractivity contribution in [2.24, 2.45) is 0 Å². The van der Waals surface area contributed by atoms with Gasteiger partial charge in [0.2, 0.25) is 0 Å². The molecule has 0 atom stereocenters. The number of ether oxygens (including phenoxy) is 2. The third-order valence-corrected chi connectivity index (χ3v) is 3.88. The van der Waals surface area contributed by atoms with E-state index in [0.29, 0.717) is 36.1 Å². The Kier molecular flexibility index (Phi) is 7.67. The molecule has 0 bridgehead atoms. The van der Waals surface area contributed by atoms with Gasteiger partial charge in [-0.3, -0.25) is 4.79 Å². The Balaban J connectivity index is 1.90. The first-order valence-electron chi connectivity index (χ1n) is 8.73. The molecule has 2 N–H and O–H groups in total. The Hall–Kier alpha value is -2.83. The number of nitrogens with zero attached hydrogens (tertiary/aromatic N) is 2. The molecule has 0 saturated carbocycles. The summed E-state index contributed by atoms with van der Waals surface area (Å²) in [6, 6.07) is 7.50. The van der Waals surface area contributed by atoms with Crippen molar-refractivity contribution in [3.8, 4) is 11.5 Å². The molecule has 0 fully saturated rings. The maximum absolute atomic E-state index is 12.0. The van der Waals surface area contributed by atoms with Crippen LogP contribution in [0.2, 0.25) is 0 Å². The molecule has 26 heavy (non-hydrogen) atoms. The van der Waals surface area contributed by atoms with E-state index in [1.54, 1.807) is 20.3 Å². The number of amides is 1. The summed E-state index contributed by atoms with van der Waals surface area (Å²) in [5.74, 6) is 1.86. The maximum Gasteiger partial charge on any atom is 0.270 e. The number of anilines is 1. The summed E-state index contributed by atoms with van der Waals surface area (Å²) in [4.78, 5) is 20.2. The molecule has 0 saturated heterocycles. The lowest BCUT2D eigenvalue weighted by atomic mass is 10.1. The molecule has 1 aromatic carbocycles. The van der Waals surface area contributed by atoms with E-state index in [1.807, 2.05) is 18.2 Å².